The number of benzene rings is 1. The first kappa shape index (κ1) is 14.4. The standard InChI is InChI=1S/C15H17ClN2O3/c16-11-1-3-12(4-2-11)18-13(5-6-14(18)19)15(20)17-7-9-21-10-8-17/h1-4,13H,5-10H2. The van der Waals surface area contributed by atoms with E-state index in [1.165, 1.54) is 0 Å². The fraction of sp³-hybridized carbons (Fsp3) is 0.467. The average Bonchev–Trinajstić information content (AvgIpc) is 2.90. The van der Waals surface area contributed by atoms with Gasteiger partial charge in [0.25, 0.3) is 0 Å². The molecule has 0 radical (unpaired) electrons. The number of carbonyl (C=O) groups excluding carboxylic acids is 2. The number of rotatable bonds is 2. The van der Waals surface area contributed by atoms with Crippen molar-refractivity contribution < 1.29 is 14.3 Å². The van der Waals surface area contributed by atoms with E-state index in [9.17, 15) is 9.59 Å². The van der Waals surface area contributed by atoms with Crippen molar-refractivity contribution >= 4 is 29.1 Å². The van der Waals surface area contributed by atoms with E-state index in [1.54, 1.807) is 34.1 Å². The second-order valence-electron chi connectivity index (χ2n) is 5.23. The van der Waals surface area contributed by atoms with Crippen molar-refractivity contribution in [3.05, 3.63) is 29.3 Å². The number of ether oxygens (including phenoxy) is 1. The molecule has 21 heavy (non-hydrogen) atoms. The van der Waals surface area contributed by atoms with Crippen LogP contribution in [0.15, 0.2) is 24.3 Å². The molecule has 2 fully saturated rings. The molecule has 2 aliphatic heterocycles. The molecule has 1 atom stereocenters. The van der Waals surface area contributed by atoms with Crippen molar-refractivity contribution in [1.82, 2.24) is 4.90 Å². The van der Waals surface area contributed by atoms with Gasteiger partial charge in [0.2, 0.25) is 11.8 Å². The molecule has 1 aromatic carbocycles. The van der Waals surface area contributed by atoms with Gasteiger partial charge in [0, 0.05) is 30.2 Å². The van der Waals surface area contributed by atoms with Crippen molar-refractivity contribution in [2.45, 2.75) is 18.9 Å². The van der Waals surface area contributed by atoms with Crippen molar-refractivity contribution in [1.29, 1.82) is 0 Å². The third-order valence-corrected chi connectivity index (χ3v) is 4.18. The maximum atomic E-state index is 12.6. The molecule has 0 bridgehead atoms. The summed E-state index contributed by atoms with van der Waals surface area (Å²) in [5.74, 6) is 0.00281. The number of carbonyl (C=O) groups is 2. The van der Waals surface area contributed by atoms with Gasteiger partial charge in [-0.05, 0) is 30.7 Å². The Morgan fingerprint density at radius 1 is 1.19 bits per heavy atom. The Morgan fingerprint density at radius 3 is 2.52 bits per heavy atom. The van der Waals surface area contributed by atoms with Gasteiger partial charge in [0.1, 0.15) is 6.04 Å². The summed E-state index contributed by atoms with van der Waals surface area (Å²) in [6.07, 6.45) is 0.973. The maximum absolute atomic E-state index is 12.6. The summed E-state index contributed by atoms with van der Waals surface area (Å²) in [6.45, 7) is 2.32. The first-order valence-electron chi connectivity index (χ1n) is 7.11. The molecule has 0 aliphatic carbocycles. The van der Waals surface area contributed by atoms with E-state index in [2.05, 4.69) is 0 Å². The van der Waals surface area contributed by atoms with Crippen LogP contribution in [0.2, 0.25) is 5.02 Å². The van der Waals surface area contributed by atoms with E-state index >= 15 is 0 Å². The van der Waals surface area contributed by atoms with Gasteiger partial charge in [-0.3, -0.25) is 14.5 Å². The number of nitrogens with zero attached hydrogens (tertiary/aromatic N) is 2. The lowest BCUT2D eigenvalue weighted by atomic mass is 10.1. The molecule has 1 aromatic rings. The van der Waals surface area contributed by atoms with Crippen LogP contribution >= 0.6 is 11.6 Å². The molecule has 112 valence electrons. The molecule has 0 aromatic heterocycles. The van der Waals surface area contributed by atoms with Crippen LogP contribution in [-0.4, -0.2) is 49.1 Å². The number of hydrogen-bond acceptors (Lipinski definition) is 3. The zero-order valence-electron chi connectivity index (χ0n) is 11.6. The summed E-state index contributed by atoms with van der Waals surface area (Å²) < 4.78 is 5.27. The molecule has 0 N–H and O–H groups in total. The molecule has 0 spiro atoms. The smallest absolute Gasteiger partial charge is 0.245 e. The predicted molar refractivity (Wildman–Crippen MR) is 79.4 cm³/mol. The van der Waals surface area contributed by atoms with Gasteiger partial charge >= 0.3 is 0 Å². The molecule has 2 saturated heterocycles. The number of halogens is 1. The number of morpholine rings is 1. The number of amides is 2. The first-order valence-corrected chi connectivity index (χ1v) is 7.49. The van der Waals surface area contributed by atoms with Crippen LogP contribution in [0.25, 0.3) is 0 Å². The Bertz CT molecular complexity index is 540. The van der Waals surface area contributed by atoms with Gasteiger partial charge in [-0.1, -0.05) is 11.6 Å². The molecule has 0 saturated carbocycles. The highest BCUT2D eigenvalue weighted by Crippen LogP contribution is 2.29. The minimum atomic E-state index is -0.406. The maximum Gasteiger partial charge on any atom is 0.245 e. The summed E-state index contributed by atoms with van der Waals surface area (Å²) in [6, 6.07) is 6.63. The van der Waals surface area contributed by atoms with E-state index in [-0.39, 0.29) is 11.8 Å². The normalized spacial score (nSPS) is 22.7. The largest absolute Gasteiger partial charge is 0.378 e. The van der Waals surface area contributed by atoms with Crippen molar-refractivity contribution in [2.24, 2.45) is 0 Å². The van der Waals surface area contributed by atoms with Gasteiger partial charge in [-0.25, -0.2) is 0 Å². The lowest BCUT2D eigenvalue weighted by molar-refractivity contribution is -0.137. The summed E-state index contributed by atoms with van der Waals surface area (Å²) in [5.41, 5.74) is 0.730. The molecular formula is C15H17ClN2O3. The molecule has 2 heterocycles. The zero-order valence-corrected chi connectivity index (χ0v) is 12.4. The Labute approximate surface area is 128 Å². The van der Waals surface area contributed by atoms with Gasteiger partial charge in [-0.15, -0.1) is 0 Å². The summed E-state index contributed by atoms with van der Waals surface area (Å²) in [5, 5.41) is 0.612. The lowest BCUT2D eigenvalue weighted by Gasteiger charge is -2.32. The van der Waals surface area contributed by atoms with Crippen LogP contribution in [0.4, 0.5) is 5.69 Å². The van der Waals surface area contributed by atoms with Crippen LogP contribution < -0.4 is 4.90 Å². The highest BCUT2D eigenvalue weighted by atomic mass is 35.5. The van der Waals surface area contributed by atoms with Gasteiger partial charge in [-0.2, -0.15) is 0 Å². The summed E-state index contributed by atoms with van der Waals surface area (Å²) in [7, 11) is 0. The van der Waals surface area contributed by atoms with E-state index < -0.39 is 6.04 Å². The second kappa shape index (κ2) is 6.03. The molecule has 2 aliphatic rings. The minimum absolute atomic E-state index is 0.0102. The van der Waals surface area contributed by atoms with Crippen molar-refractivity contribution in [2.75, 3.05) is 31.2 Å². The van der Waals surface area contributed by atoms with Crippen LogP contribution in [0.3, 0.4) is 0 Å². The van der Waals surface area contributed by atoms with E-state index in [0.29, 0.717) is 44.2 Å². The molecule has 5 nitrogen and oxygen atoms in total. The fourth-order valence-electron chi connectivity index (χ4n) is 2.84. The van der Waals surface area contributed by atoms with Crippen LogP contribution in [-0.2, 0) is 14.3 Å². The van der Waals surface area contributed by atoms with Crippen LogP contribution in [0.1, 0.15) is 12.8 Å². The second-order valence-corrected chi connectivity index (χ2v) is 5.67. The fourth-order valence-corrected chi connectivity index (χ4v) is 2.96. The first-order chi connectivity index (χ1) is 10.2. The van der Waals surface area contributed by atoms with Gasteiger partial charge < -0.3 is 9.64 Å². The molecule has 1 unspecified atom stereocenters. The summed E-state index contributed by atoms with van der Waals surface area (Å²) in [4.78, 5) is 28.2. The molecule has 2 amide bonds. The SMILES string of the molecule is O=C(C1CCC(=O)N1c1ccc(Cl)cc1)N1CCOCC1. The molecule has 6 heteroatoms. The van der Waals surface area contributed by atoms with E-state index in [4.69, 9.17) is 16.3 Å². The quantitative estimate of drug-likeness (QED) is 0.835. The zero-order chi connectivity index (χ0) is 14.8. The molecular weight excluding hydrogens is 292 g/mol. The van der Waals surface area contributed by atoms with E-state index in [1.807, 2.05) is 0 Å². The van der Waals surface area contributed by atoms with Gasteiger partial charge in [0.05, 0.1) is 13.2 Å². The predicted octanol–water partition coefficient (Wildman–Crippen LogP) is 1.69. The van der Waals surface area contributed by atoms with E-state index in [0.717, 1.165) is 5.69 Å². The van der Waals surface area contributed by atoms with Gasteiger partial charge in [0.15, 0.2) is 0 Å². The Hall–Kier alpha value is -1.59. The highest BCUT2D eigenvalue weighted by molar-refractivity contribution is 6.30. The highest BCUT2D eigenvalue weighted by Gasteiger charge is 2.39. The van der Waals surface area contributed by atoms with Crippen molar-refractivity contribution in [3.63, 3.8) is 0 Å². The van der Waals surface area contributed by atoms with Crippen molar-refractivity contribution in [3.8, 4) is 0 Å². The minimum Gasteiger partial charge on any atom is -0.378 e. The molecule has 3 rings (SSSR count). The lowest BCUT2D eigenvalue weighted by Crippen LogP contribution is -2.50. The summed E-state index contributed by atoms with van der Waals surface area (Å²) >= 11 is 5.88. The topological polar surface area (TPSA) is 49.9 Å². The monoisotopic (exact) mass is 308 g/mol. The third kappa shape index (κ3) is 2.89. The Morgan fingerprint density at radius 2 is 1.86 bits per heavy atom. The Balaban J connectivity index is 1.81. The number of anilines is 1. The Kier molecular flexibility index (Phi) is 4.12. The third-order valence-electron chi connectivity index (χ3n) is 3.92. The average molecular weight is 309 g/mol. The van der Waals surface area contributed by atoms with Crippen LogP contribution in [0.5, 0.6) is 0 Å². The number of hydrogen-bond donors (Lipinski definition) is 0. The van der Waals surface area contributed by atoms with Crippen LogP contribution in [0, 0.1) is 0 Å².